The van der Waals surface area contributed by atoms with E-state index in [4.69, 9.17) is 0 Å². The minimum atomic E-state index is -0.0722. The van der Waals surface area contributed by atoms with Gasteiger partial charge in [-0.15, -0.1) is 0 Å². The molecule has 0 unspecified atom stereocenters. The molecule has 0 heterocycles. The van der Waals surface area contributed by atoms with E-state index in [2.05, 4.69) is 21.2 Å². The van der Waals surface area contributed by atoms with Gasteiger partial charge < -0.3 is 5.32 Å². The summed E-state index contributed by atoms with van der Waals surface area (Å²) >= 11 is 3.34. The van der Waals surface area contributed by atoms with Crippen LogP contribution in [0.5, 0.6) is 0 Å². The fourth-order valence-electron chi connectivity index (χ4n) is 1.74. The highest BCUT2D eigenvalue weighted by atomic mass is 79.9. The number of nitrogens with one attached hydrogen (secondary N) is 1. The number of benzene rings is 1. The summed E-state index contributed by atoms with van der Waals surface area (Å²) in [4.78, 5) is 25.4. The third-order valence-electron chi connectivity index (χ3n) is 2.72. The summed E-state index contributed by atoms with van der Waals surface area (Å²) in [7, 11) is 1.60. The van der Waals surface area contributed by atoms with Crippen molar-refractivity contribution in [3.63, 3.8) is 0 Å². The fraction of sp³-hybridized carbons (Fsp3) is 0.429. The van der Waals surface area contributed by atoms with Gasteiger partial charge in [-0.05, 0) is 25.1 Å². The Morgan fingerprint density at radius 2 is 1.84 bits per heavy atom. The number of carbonyl (C=O) groups is 2. The summed E-state index contributed by atoms with van der Waals surface area (Å²) in [6.07, 6.45) is 0.907. The average Bonchev–Trinajstić information content (AvgIpc) is 2.39. The molecule has 0 saturated carbocycles. The first-order valence-corrected chi connectivity index (χ1v) is 7.07. The number of amides is 1. The van der Waals surface area contributed by atoms with Crippen LogP contribution in [-0.4, -0.2) is 43.3 Å². The molecule has 1 aromatic carbocycles. The summed E-state index contributed by atoms with van der Waals surface area (Å²) in [6.45, 7) is 3.28. The molecule has 0 aliphatic carbocycles. The van der Waals surface area contributed by atoms with E-state index >= 15 is 0 Å². The Morgan fingerprint density at radius 1 is 1.21 bits per heavy atom. The maximum atomic E-state index is 12.1. The van der Waals surface area contributed by atoms with E-state index in [0.717, 1.165) is 17.4 Å². The van der Waals surface area contributed by atoms with Crippen molar-refractivity contribution in [3.05, 3.63) is 34.3 Å². The highest BCUT2D eigenvalue weighted by Crippen LogP contribution is 2.11. The van der Waals surface area contributed by atoms with Crippen molar-refractivity contribution in [2.45, 2.75) is 13.3 Å². The average molecular weight is 327 g/mol. The van der Waals surface area contributed by atoms with E-state index in [0.29, 0.717) is 5.56 Å². The van der Waals surface area contributed by atoms with Crippen LogP contribution in [0.3, 0.4) is 0 Å². The third kappa shape index (κ3) is 5.53. The molecule has 0 spiro atoms. The molecule has 0 aliphatic heterocycles. The summed E-state index contributed by atoms with van der Waals surface area (Å²) in [6, 6.07) is 7.26. The van der Waals surface area contributed by atoms with Gasteiger partial charge in [0.1, 0.15) is 0 Å². The minimum absolute atomic E-state index is 0.0323. The molecule has 0 radical (unpaired) electrons. The lowest BCUT2D eigenvalue weighted by atomic mass is 10.1. The Morgan fingerprint density at radius 3 is 2.37 bits per heavy atom. The quantitative estimate of drug-likeness (QED) is 0.780. The monoisotopic (exact) mass is 326 g/mol. The van der Waals surface area contributed by atoms with Crippen LogP contribution < -0.4 is 5.32 Å². The fourth-order valence-corrected chi connectivity index (χ4v) is 2.01. The highest BCUT2D eigenvalue weighted by molar-refractivity contribution is 9.10. The second-order valence-corrected chi connectivity index (χ2v) is 5.23. The second kappa shape index (κ2) is 8.07. The van der Waals surface area contributed by atoms with Gasteiger partial charge in [-0.1, -0.05) is 35.0 Å². The lowest BCUT2D eigenvalue weighted by Crippen LogP contribution is -2.39. The maximum absolute atomic E-state index is 12.1. The van der Waals surface area contributed by atoms with E-state index in [1.54, 1.807) is 19.2 Å². The normalized spacial score (nSPS) is 10.5. The lowest BCUT2D eigenvalue weighted by molar-refractivity contribution is -0.121. The molecule has 0 bridgehead atoms. The molecule has 1 rings (SSSR count). The molecule has 19 heavy (non-hydrogen) atoms. The van der Waals surface area contributed by atoms with Crippen LogP contribution in [0.4, 0.5) is 0 Å². The molecule has 5 heteroatoms. The summed E-state index contributed by atoms with van der Waals surface area (Å²) < 4.78 is 0.944. The molecule has 1 amide bonds. The summed E-state index contributed by atoms with van der Waals surface area (Å²) in [5, 5.41) is 2.58. The van der Waals surface area contributed by atoms with Crippen LogP contribution in [0.1, 0.15) is 23.7 Å². The number of Topliss-reactive ketones (excluding diaryl/α,β-unsaturated/α-hetero) is 1. The highest BCUT2D eigenvalue weighted by Gasteiger charge is 2.14. The van der Waals surface area contributed by atoms with Crippen LogP contribution in [0, 0.1) is 0 Å². The number of hydrogen-bond acceptors (Lipinski definition) is 3. The van der Waals surface area contributed by atoms with Crippen molar-refractivity contribution in [3.8, 4) is 0 Å². The third-order valence-corrected chi connectivity index (χ3v) is 3.25. The molecular formula is C14H19BrN2O2. The first kappa shape index (κ1) is 15.9. The second-order valence-electron chi connectivity index (χ2n) is 4.31. The molecule has 104 valence electrons. The lowest BCUT2D eigenvalue weighted by Gasteiger charge is -2.19. The zero-order chi connectivity index (χ0) is 14.3. The Kier molecular flexibility index (Phi) is 6.73. The predicted molar refractivity (Wildman–Crippen MR) is 79.3 cm³/mol. The van der Waals surface area contributed by atoms with Crippen LogP contribution >= 0.6 is 15.9 Å². The van der Waals surface area contributed by atoms with E-state index in [1.807, 2.05) is 24.0 Å². The standard InChI is InChI=1S/C14H19BrN2O2/c1-3-8-17(10-14(19)16-2)9-13(18)11-4-6-12(15)7-5-11/h4-7H,3,8-10H2,1-2H3,(H,16,19). The van der Waals surface area contributed by atoms with Gasteiger partial charge in [0, 0.05) is 17.1 Å². The molecule has 0 atom stereocenters. The Bertz CT molecular complexity index is 432. The summed E-state index contributed by atoms with van der Waals surface area (Å²) in [5.74, 6) is -0.0399. The molecule has 0 aliphatic rings. The molecule has 0 aromatic heterocycles. The van der Waals surface area contributed by atoms with Crippen molar-refractivity contribution in [2.75, 3.05) is 26.7 Å². The van der Waals surface area contributed by atoms with Gasteiger partial charge in [-0.25, -0.2) is 0 Å². The van der Waals surface area contributed by atoms with Crippen LogP contribution in [-0.2, 0) is 4.79 Å². The van der Waals surface area contributed by atoms with Crippen LogP contribution in [0.25, 0.3) is 0 Å². The van der Waals surface area contributed by atoms with Crippen molar-refractivity contribution in [1.29, 1.82) is 0 Å². The van der Waals surface area contributed by atoms with Gasteiger partial charge in [0.15, 0.2) is 5.78 Å². The zero-order valence-corrected chi connectivity index (χ0v) is 12.9. The van der Waals surface area contributed by atoms with Gasteiger partial charge in [0.05, 0.1) is 13.1 Å². The van der Waals surface area contributed by atoms with E-state index in [9.17, 15) is 9.59 Å². The first-order valence-electron chi connectivity index (χ1n) is 6.28. The van der Waals surface area contributed by atoms with Gasteiger partial charge in [0.25, 0.3) is 0 Å². The smallest absolute Gasteiger partial charge is 0.233 e. The summed E-state index contributed by atoms with van der Waals surface area (Å²) in [5.41, 5.74) is 0.668. The van der Waals surface area contributed by atoms with Crippen molar-refractivity contribution < 1.29 is 9.59 Å². The molecule has 1 aromatic rings. The van der Waals surface area contributed by atoms with Gasteiger partial charge in [-0.2, -0.15) is 0 Å². The number of hydrogen-bond donors (Lipinski definition) is 1. The van der Waals surface area contributed by atoms with Crippen molar-refractivity contribution >= 4 is 27.6 Å². The maximum Gasteiger partial charge on any atom is 0.233 e. The Balaban J connectivity index is 2.65. The van der Waals surface area contributed by atoms with E-state index in [-0.39, 0.29) is 24.8 Å². The number of likely N-dealkylation sites (N-methyl/N-ethyl adjacent to an activating group) is 1. The molecule has 0 fully saturated rings. The largest absolute Gasteiger partial charge is 0.358 e. The Hall–Kier alpha value is -1.20. The van der Waals surface area contributed by atoms with Crippen LogP contribution in [0.2, 0.25) is 0 Å². The van der Waals surface area contributed by atoms with Crippen molar-refractivity contribution in [2.24, 2.45) is 0 Å². The SMILES string of the molecule is CCCN(CC(=O)NC)CC(=O)c1ccc(Br)cc1. The number of carbonyl (C=O) groups excluding carboxylic acids is 2. The Labute approximate surface area is 122 Å². The van der Waals surface area contributed by atoms with E-state index < -0.39 is 0 Å². The predicted octanol–water partition coefficient (Wildman–Crippen LogP) is 2.09. The number of halogens is 1. The van der Waals surface area contributed by atoms with Crippen molar-refractivity contribution in [1.82, 2.24) is 10.2 Å². The number of rotatable bonds is 7. The van der Waals surface area contributed by atoms with Crippen LogP contribution in [0.15, 0.2) is 28.7 Å². The van der Waals surface area contributed by atoms with Gasteiger partial charge in [0.2, 0.25) is 5.91 Å². The number of nitrogens with zero attached hydrogens (tertiary/aromatic N) is 1. The first-order chi connectivity index (χ1) is 9.06. The molecule has 1 N–H and O–H groups in total. The van der Waals surface area contributed by atoms with E-state index in [1.165, 1.54) is 0 Å². The van der Waals surface area contributed by atoms with Gasteiger partial charge in [-0.3, -0.25) is 14.5 Å². The zero-order valence-electron chi connectivity index (χ0n) is 11.3. The topological polar surface area (TPSA) is 49.4 Å². The minimum Gasteiger partial charge on any atom is -0.358 e. The molecular weight excluding hydrogens is 308 g/mol. The number of ketones is 1. The molecule has 4 nitrogen and oxygen atoms in total. The molecule has 0 saturated heterocycles. The van der Waals surface area contributed by atoms with Gasteiger partial charge >= 0.3 is 0 Å².